The van der Waals surface area contributed by atoms with Crippen LogP contribution in [-0.2, 0) is 11.2 Å². The van der Waals surface area contributed by atoms with Crippen molar-refractivity contribution in [2.24, 2.45) is 0 Å². The van der Waals surface area contributed by atoms with Crippen LogP contribution in [0.4, 0.5) is 0 Å². The molecule has 0 aliphatic carbocycles. The molecule has 1 aromatic rings. The van der Waals surface area contributed by atoms with E-state index in [-0.39, 0.29) is 5.91 Å². The van der Waals surface area contributed by atoms with Crippen LogP contribution in [-0.4, -0.2) is 25.0 Å². The monoisotopic (exact) mass is 248 g/mol. The van der Waals surface area contributed by atoms with Gasteiger partial charge in [-0.25, -0.2) is 5.01 Å². The fourth-order valence-electron chi connectivity index (χ4n) is 1.87. The zero-order valence-corrected chi connectivity index (χ0v) is 12.1. The molecule has 3 heteroatoms. The second-order valence-electron chi connectivity index (χ2n) is 5.27. The van der Waals surface area contributed by atoms with Crippen LogP contribution in [0.3, 0.4) is 0 Å². The number of amides is 1. The molecule has 0 aromatic heterocycles. The molecule has 0 saturated heterocycles. The van der Waals surface area contributed by atoms with Crippen LogP contribution in [0.25, 0.3) is 0 Å². The Balaban J connectivity index is 2.66. The van der Waals surface area contributed by atoms with Gasteiger partial charge in [0.15, 0.2) is 0 Å². The van der Waals surface area contributed by atoms with E-state index in [1.165, 1.54) is 16.7 Å². The summed E-state index contributed by atoms with van der Waals surface area (Å²) in [5.41, 5.74) is 6.64. The standard InChI is InChI=1S/C15H24N2O/c1-11(2)13-7-6-12(3)14(10-13)8-9-15(18)16-17(4)5/h6-7,10-11H,8-9H2,1-5H3,(H,16,18). The summed E-state index contributed by atoms with van der Waals surface area (Å²) < 4.78 is 0. The first-order chi connectivity index (χ1) is 8.40. The summed E-state index contributed by atoms with van der Waals surface area (Å²) in [6.07, 6.45) is 1.33. The smallest absolute Gasteiger partial charge is 0.234 e. The van der Waals surface area contributed by atoms with Crippen molar-refractivity contribution < 1.29 is 4.79 Å². The topological polar surface area (TPSA) is 32.3 Å². The van der Waals surface area contributed by atoms with Crippen molar-refractivity contribution in [3.63, 3.8) is 0 Å². The lowest BCUT2D eigenvalue weighted by molar-refractivity contribution is -0.124. The molecule has 1 rings (SSSR count). The number of benzene rings is 1. The van der Waals surface area contributed by atoms with Gasteiger partial charge in [0.25, 0.3) is 0 Å². The molecule has 3 nitrogen and oxygen atoms in total. The molecule has 0 spiro atoms. The average molecular weight is 248 g/mol. The quantitative estimate of drug-likeness (QED) is 0.812. The normalized spacial score (nSPS) is 11.1. The first kappa shape index (κ1) is 14.7. The lowest BCUT2D eigenvalue weighted by Crippen LogP contribution is -2.36. The molecular formula is C15H24N2O. The number of hydrazine groups is 1. The Morgan fingerprint density at radius 3 is 2.56 bits per heavy atom. The summed E-state index contributed by atoms with van der Waals surface area (Å²) in [6.45, 7) is 6.48. The maximum atomic E-state index is 11.6. The van der Waals surface area contributed by atoms with E-state index in [1.807, 2.05) is 14.1 Å². The van der Waals surface area contributed by atoms with E-state index in [0.29, 0.717) is 12.3 Å². The van der Waals surface area contributed by atoms with Crippen molar-refractivity contribution >= 4 is 5.91 Å². The van der Waals surface area contributed by atoms with Crippen molar-refractivity contribution in [1.29, 1.82) is 0 Å². The third-order valence-electron chi connectivity index (χ3n) is 3.01. The molecule has 0 heterocycles. The maximum Gasteiger partial charge on any atom is 0.234 e. The van der Waals surface area contributed by atoms with Gasteiger partial charge >= 0.3 is 0 Å². The molecule has 1 N–H and O–H groups in total. The fourth-order valence-corrected chi connectivity index (χ4v) is 1.87. The summed E-state index contributed by atoms with van der Waals surface area (Å²) >= 11 is 0. The molecule has 0 atom stereocenters. The Morgan fingerprint density at radius 2 is 2.00 bits per heavy atom. The summed E-state index contributed by atoms with van der Waals surface area (Å²) in [5, 5.41) is 1.68. The minimum absolute atomic E-state index is 0.0642. The van der Waals surface area contributed by atoms with Gasteiger partial charge in [-0.3, -0.25) is 10.2 Å². The highest BCUT2D eigenvalue weighted by Crippen LogP contribution is 2.19. The Kier molecular flexibility index (Phi) is 5.35. The number of hydrogen-bond acceptors (Lipinski definition) is 2. The van der Waals surface area contributed by atoms with E-state index in [9.17, 15) is 4.79 Å². The van der Waals surface area contributed by atoms with Gasteiger partial charge < -0.3 is 0 Å². The number of aryl methyl sites for hydroxylation is 2. The van der Waals surface area contributed by atoms with Crippen molar-refractivity contribution in [2.45, 2.75) is 39.5 Å². The summed E-state index contributed by atoms with van der Waals surface area (Å²) in [5.74, 6) is 0.592. The van der Waals surface area contributed by atoms with Crippen LogP contribution in [0.2, 0.25) is 0 Å². The molecule has 0 fully saturated rings. The molecule has 0 radical (unpaired) electrons. The lowest BCUT2D eigenvalue weighted by atomic mass is 9.95. The summed E-state index contributed by atoms with van der Waals surface area (Å²) in [7, 11) is 3.64. The van der Waals surface area contributed by atoms with E-state index < -0.39 is 0 Å². The minimum atomic E-state index is 0.0642. The third kappa shape index (κ3) is 4.49. The summed E-state index contributed by atoms with van der Waals surface area (Å²) in [6, 6.07) is 6.54. The van der Waals surface area contributed by atoms with Crippen molar-refractivity contribution in [1.82, 2.24) is 10.4 Å². The molecule has 0 bridgehead atoms. The summed E-state index contributed by atoms with van der Waals surface area (Å²) in [4.78, 5) is 11.6. The van der Waals surface area contributed by atoms with E-state index in [2.05, 4.69) is 44.4 Å². The Hall–Kier alpha value is -1.35. The molecule has 1 amide bonds. The second kappa shape index (κ2) is 6.55. The first-order valence-electron chi connectivity index (χ1n) is 6.46. The highest BCUT2D eigenvalue weighted by molar-refractivity contribution is 5.75. The van der Waals surface area contributed by atoms with Crippen molar-refractivity contribution in [2.75, 3.05) is 14.1 Å². The largest absolute Gasteiger partial charge is 0.289 e. The number of carbonyl (C=O) groups excluding carboxylic acids is 1. The van der Waals surface area contributed by atoms with Crippen LogP contribution < -0.4 is 5.43 Å². The highest BCUT2D eigenvalue weighted by atomic mass is 16.2. The van der Waals surface area contributed by atoms with Crippen LogP contribution in [0, 0.1) is 6.92 Å². The van der Waals surface area contributed by atoms with E-state index in [4.69, 9.17) is 0 Å². The van der Waals surface area contributed by atoms with Gasteiger partial charge in [-0.05, 0) is 36.0 Å². The minimum Gasteiger partial charge on any atom is -0.289 e. The van der Waals surface area contributed by atoms with Gasteiger partial charge in [0.05, 0.1) is 0 Å². The van der Waals surface area contributed by atoms with Gasteiger partial charge in [-0.2, -0.15) is 0 Å². The lowest BCUT2D eigenvalue weighted by Gasteiger charge is -2.13. The van der Waals surface area contributed by atoms with Gasteiger partial charge in [0.1, 0.15) is 0 Å². The van der Waals surface area contributed by atoms with Gasteiger partial charge in [-0.1, -0.05) is 32.0 Å². The van der Waals surface area contributed by atoms with Crippen LogP contribution in [0.1, 0.15) is 42.9 Å². The molecule has 0 aliphatic heterocycles. The van der Waals surface area contributed by atoms with Gasteiger partial charge in [-0.15, -0.1) is 0 Å². The number of nitrogens with zero attached hydrogens (tertiary/aromatic N) is 1. The Morgan fingerprint density at radius 1 is 1.33 bits per heavy atom. The molecule has 0 unspecified atom stereocenters. The van der Waals surface area contributed by atoms with E-state index in [0.717, 1.165) is 6.42 Å². The molecular weight excluding hydrogens is 224 g/mol. The fraction of sp³-hybridized carbons (Fsp3) is 0.533. The zero-order valence-electron chi connectivity index (χ0n) is 12.1. The van der Waals surface area contributed by atoms with Crippen molar-refractivity contribution in [3.05, 3.63) is 34.9 Å². The number of nitrogens with one attached hydrogen (secondary N) is 1. The predicted octanol–water partition coefficient (Wildman–Crippen LogP) is 2.64. The van der Waals surface area contributed by atoms with Crippen molar-refractivity contribution in [3.8, 4) is 0 Å². The highest BCUT2D eigenvalue weighted by Gasteiger charge is 2.07. The molecule has 0 saturated carbocycles. The molecule has 0 aliphatic rings. The van der Waals surface area contributed by atoms with Gasteiger partial charge in [0, 0.05) is 20.5 Å². The number of carbonyl (C=O) groups is 1. The van der Waals surface area contributed by atoms with Crippen LogP contribution >= 0.6 is 0 Å². The predicted molar refractivity (Wildman–Crippen MR) is 75.4 cm³/mol. The van der Waals surface area contributed by atoms with Crippen LogP contribution in [0.15, 0.2) is 18.2 Å². The second-order valence-corrected chi connectivity index (χ2v) is 5.27. The Labute approximate surface area is 110 Å². The van der Waals surface area contributed by atoms with Crippen LogP contribution in [0.5, 0.6) is 0 Å². The molecule has 18 heavy (non-hydrogen) atoms. The zero-order chi connectivity index (χ0) is 13.7. The van der Waals surface area contributed by atoms with Gasteiger partial charge in [0.2, 0.25) is 5.91 Å². The first-order valence-corrected chi connectivity index (χ1v) is 6.46. The molecule has 100 valence electrons. The SMILES string of the molecule is Cc1ccc(C(C)C)cc1CCC(=O)NN(C)C. The number of hydrogen-bond donors (Lipinski definition) is 1. The molecule has 1 aromatic carbocycles. The third-order valence-corrected chi connectivity index (χ3v) is 3.01. The Bertz CT molecular complexity index is 411. The van der Waals surface area contributed by atoms with E-state index in [1.54, 1.807) is 5.01 Å². The van der Waals surface area contributed by atoms with E-state index >= 15 is 0 Å². The number of rotatable bonds is 5. The maximum absolute atomic E-state index is 11.6. The average Bonchev–Trinajstić information content (AvgIpc) is 2.26.